The molecule has 0 aromatic heterocycles. The third kappa shape index (κ3) is 2.91. The van der Waals surface area contributed by atoms with Crippen LogP contribution in [0.4, 0.5) is 13.2 Å². The molecule has 0 fully saturated rings. The zero-order valence-electron chi connectivity index (χ0n) is 11.0. The fraction of sp³-hybridized carbons (Fsp3) is 0.188. The van der Waals surface area contributed by atoms with Gasteiger partial charge in [-0.05, 0) is 28.8 Å². The van der Waals surface area contributed by atoms with Crippen molar-refractivity contribution in [2.75, 3.05) is 6.61 Å². The van der Waals surface area contributed by atoms with Crippen molar-refractivity contribution >= 4 is 6.40 Å². The predicted molar refractivity (Wildman–Crippen MR) is 74.1 cm³/mol. The molecule has 2 aromatic rings. The monoisotopic (exact) mass is 291 g/mol. The van der Waals surface area contributed by atoms with E-state index in [9.17, 15) is 13.2 Å². The molecule has 0 saturated carbocycles. The number of rotatable bonds is 2. The molecular weight excluding hydrogens is 279 g/mol. The average Bonchev–Trinajstić information content (AvgIpc) is 3.01. The van der Waals surface area contributed by atoms with E-state index < -0.39 is 11.7 Å². The SMILES string of the molecule is FC(F)(F)c1ccc(-c2ccc(C3COC=N3)cc2)cc1. The van der Waals surface area contributed by atoms with Gasteiger partial charge in [0.05, 0.1) is 5.56 Å². The second-order valence-electron chi connectivity index (χ2n) is 4.80. The Labute approximate surface area is 119 Å². The number of benzene rings is 2. The lowest BCUT2D eigenvalue weighted by Gasteiger charge is -2.09. The van der Waals surface area contributed by atoms with Crippen molar-refractivity contribution in [1.82, 2.24) is 0 Å². The topological polar surface area (TPSA) is 21.6 Å². The lowest BCUT2D eigenvalue weighted by molar-refractivity contribution is -0.137. The second-order valence-corrected chi connectivity index (χ2v) is 4.80. The van der Waals surface area contributed by atoms with Gasteiger partial charge in [0.15, 0.2) is 6.40 Å². The largest absolute Gasteiger partial charge is 0.481 e. The molecule has 0 amide bonds. The van der Waals surface area contributed by atoms with Crippen molar-refractivity contribution in [2.24, 2.45) is 4.99 Å². The first-order valence-electron chi connectivity index (χ1n) is 6.45. The molecule has 21 heavy (non-hydrogen) atoms. The van der Waals surface area contributed by atoms with E-state index in [1.165, 1.54) is 18.5 Å². The van der Waals surface area contributed by atoms with Crippen molar-refractivity contribution in [3.8, 4) is 11.1 Å². The first kappa shape index (κ1) is 13.7. The molecule has 0 aliphatic carbocycles. The van der Waals surface area contributed by atoms with E-state index >= 15 is 0 Å². The third-order valence-corrected chi connectivity index (χ3v) is 3.41. The van der Waals surface area contributed by atoms with Crippen LogP contribution < -0.4 is 0 Å². The van der Waals surface area contributed by atoms with Gasteiger partial charge in [0.2, 0.25) is 0 Å². The summed E-state index contributed by atoms with van der Waals surface area (Å²) in [6, 6.07) is 12.8. The van der Waals surface area contributed by atoms with Gasteiger partial charge in [-0.2, -0.15) is 13.2 Å². The van der Waals surface area contributed by atoms with Gasteiger partial charge in [-0.3, -0.25) is 0 Å². The Hall–Kier alpha value is -2.30. The molecule has 0 radical (unpaired) electrons. The zero-order chi connectivity index (χ0) is 14.9. The van der Waals surface area contributed by atoms with Crippen LogP contribution in [0.1, 0.15) is 17.2 Å². The number of halogens is 3. The highest BCUT2D eigenvalue weighted by Gasteiger charge is 2.29. The average molecular weight is 291 g/mol. The number of hydrogen-bond acceptors (Lipinski definition) is 2. The maximum absolute atomic E-state index is 12.5. The summed E-state index contributed by atoms with van der Waals surface area (Å²) in [5.74, 6) is 0. The van der Waals surface area contributed by atoms with Gasteiger partial charge in [-0.25, -0.2) is 4.99 Å². The second kappa shape index (κ2) is 5.24. The van der Waals surface area contributed by atoms with Crippen LogP contribution in [-0.4, -0.2) is 13.0 Å². The standard InChI is InChI=1S/C16H12F3NO/c17-16(18,19)14-7-5-12(6-8-14)11-1-3-13(4-2-11)15-9-21-10-20-15/h1-8,10,15H,9H2. The molecule has 2 nitrogen and oxygen atoms in total. The Morgan fingerprint density at radius 2 is 1.48 bits per heavy atom. The number of hydrogen-bond donors (Lipinski definition) is 0. The Morgan fingerprint density at radius 3 is 1.95 bits per heavy atom. The first-order chi connectivity index (χ1) is 10.0. The quantitative estimate of drug-likeness (QED) is 0.800. The van der Waals surface area contributed by atoms with E-state index in [-0.39, 0.29) is 6.04 Å². The van der Waals surface area contributed by atoms with Gasteiger partial charge in [-0.15, -0.1) is 0 Å². The molecule has 2 aromatic carbocycles. The molecule has 0 spiro atoms. The normalized spacial score (nSPS) is 17.8. The van der Waals surface area contributed by atoms with Crippen LogP contribution in [0.25, 0.3) is 11.1 Å². The van der Waals surface area contributed by atoms with Crippen molar-refractivity contribution in [3.63, 3.8) is 0 Å². The van der Waals surface area contributed by atoms with Gasteiger partial charge in [0.25, 0.3) is 0 Å². The maximum Gasteiger partial charge on any atom is 0.416 e. The van der Waals surface area contributed by atoms with E-state index in [4.69, 9.17) is 4.74 Å². The van der Waals surface area contributed by atoms with Crippen LogP contribution in [0.2, 0.25) is 0 Å². The van der Waals surface area contributed by atoms with E-state index in [1.54, 1.807) is 0 Å². The number of alkyl halides is 3. The van der Waals surface area contributed by atoms with Crippen LogP contribution in [0.5, 0.6) is 0 Å². The summed E-state index contributed by atoms with van der Waals surface area (Å²) in [5, 5.41) is 0. The molecule has 1 unspecified atom stereocenters. The van der Waals surface area contributed by atoms with E-state index in [0.717, 1.165) is 28.8 Å². The summed E-state index contributed by atoms with van der Waals surface area (Å²) in [5.41, 5.74) is 2.01. The molecule has 0 bridgehead atoms. The van der Waals surface area contributed by atoms with Gasteiger partial charge >= 0.3 is 6.18 Å². The first-order valence-corrected chi connectivity index (χ1v) is 6.45. The van der Waals surface area contributed by atoms with Crippen molar-refractivity contribution in [1.29, 1.82) is 0 Å². The summed E-state index contributed by atoms with van der Waals surface area (Å²) < 4.78 is 42.6. The smallest absolute Gasteiger partial charge is 0.416 e. The van der Waals surface area contributed by atoms with Gasteiger partial charge in [0, 0.05) is 0 Å². The Bertz CT molecular complexity index is 645. The minimum atomic E-state index is -4.30. The fourth-order valence-corrected chi connectivity index (χ4v) is 2.23. The van der Waals surface area contributed by atoms with Crippen LogP contribution in [0, 0.1) is 0 Å². The molecule has 1 atom stereocenters. The third-order valence-electron chi connectivity index (χ3n) is 3.41. The molecule has 0 N–H and O–H groups in total. The fourth-order valence-electron chi connectivity index (χ4n) is 2.23. The Kier molecular flexibility index (Phi) is 3.41. The molecule has 0 saturated heterocycles. The summed E-state index contributed by atoms with van der Waals surface area (Å²) in [7, 11) is 0. The van der Waals surface area contributed by atoms with E-state index in [1.807, 2.05) is 24.3 Å². The summed E-state index contributed by atoms with van der Waals surface area (Å²) in [6.45, 7) is 0.527. The van der Waals surface area contributed by atoms with E-state index in [2.05, 4.69) is 4.99 Å². The van der Waals surface area contributed by atoms with E-state index in [0.29, 0.717) is 6.61 Å². The predicted octanol–water partition coefficient (Wildman–Crippen LogP) is 4.47. The lowest BCUT2D eigenvalue weighted by atomic mass is 10.0. The van der Waals surface area contributed by atoms with Crippen LogP contribution >= 0.6 is 0 Å². The molecule has 1 aliphatic heterocycles. The number of nitrogens with zero attached hydrogens (tertiary/aromatic N) is 1. The highest BCUT2D eigenvalue weighted by molar-refractivity contribution is 5.64. The highest BCUT2D eigenvalue weighted by atomic mass is 19.4. The molecule has 3 rings (SSSR count). The number of ether oxygens (including phenoxy) is 1. The Morgan fingerprint density at radius 1 is 0.905 bits per heavy atom. The molecule has 5 heteroatoms. The number of aliphatic imine (C=N–C) groups is 1. The zero-order valence-corrected chi connectivity index (χ0v) is 11.0. The minimum absolute atomic E-state index is 0.00616. The molecular formula is C16H12F3NO. The summed E-state index contributed by atoms with van der Waals surface area (Å²) in [6.07, 6.45) is -2.86. The van der Waals surface area contributed by atoms with Gasteiger partial charge in [-0.1, -0.05) is 36.4 Å². The van der Waals surface area contributed by atoms with Crippen LogP contribution in [0.3, 0.4) is 0 Å². The summed E-state index contributed by atoms with van der Waals surface area (Å²) >= 11 is 0. The van der Waals surface area contributed by atoms with Crippen molar-refractivity contribution in [3.05, 3.63) is 59.7 Å². The molecule has 1 heterocycles. The van der Waals surface area contributed by atoms with Crippen LogP contribution in [0.15, 0.2) is 53.5 Å². The van der Waals surface area contributed by atoms with Crippen molar-refractivity contribution < 1.29 is 17.9 Å². The van der Waals surface area contributed by atoms with Crippen LogP contribution in [-0.2, 0) is 10.9 Å². The summed E-state index contributed by atoms with van der Waals surface area (Å²) in [4.78, 5) is 4.17. The van der Waals surface area contributed by atoms with Crippen molar-refractivity contribution in [2.45, 2.75) is 12.2 Å². The minimum Gasteiger partial charge on any atom is -0.481 e. The maximum atomic E-state index is 12.5. The van der Waals surface area contributed by atoms with Gasteiger partial charge < -0.3 is 4.74 Å². The van der Waals surface area contributed by atoms with Gasteiger partial charge in [0.1, 0.15) is 12.6 Å². The Balaban J connectivity index is 1.82. The molecule has 1 aliphatic rings. The molecule has 108 valence electrons. The lowest BCUT2D eigenvalue weighted by Crippen LogP contribution is -2.04. The highest BCUT2D eigenvalue weighted by Crippen LogP contribution is 2.31.